The van der Waals surface area contributed by atoms with Gasteiger partial charge >= 0.3 is 5.97 Å². The molecule has 11 heteroatoms. The number of rotatable bonds is 11. The van der Waals surface area contributed by atoms with Crippen molar-refractivity contribution in [3.8, 4) is 5.88 Å². The third-order valence-electron chi connectivity index (χ3n) is 6.13. The van der Waals surface area contributed by atoms with Gasteiger partial charge in [-0.1, -0.05) is 6.07 Å². The van der Waals surface area contributed by atoms with Crippen LogP contribution in [0.25, 0.3) is 0 Å². The van der Waals surface area contributed by atoms with Gasteiger partial charge in [-0.2, -0.15) is 0 Å². The van der Waals surface area contributed by atoms with Gasteiger partial charge in [0.05, 0.1) is 31.6 Å². The number of anilines is 1. The molecule has 0 aromatic carbocycles. The number of carbonyl (C=O) groups is 2. The second kappa shape index (κ2) is 12.1. The van der Waals surface area contributed by atoms with Crippen LogP contribution in [0.3, 0.4) is 0 Å². The Morgan fingerprint density at radius 2 is 2.09 bits per heavy atom. The molecule has 3 heterocycles. The van der Waals surface area contributed by atoms with Crippen molar-refractivity contribution in [3.63, 3.8) is 0 Å². The van der Waals surface area contributed by atoms with E-state index in [1.807, 2.05) is 0 Å². The van der Waals surface area contributed by atoms with Crippen molar-refractivity contribution in [2.45, 2.75) is 51.0 Å². The van der Waals surface area contributed by atoms with E-state index in [-0.39, 0.29) is 24.4 Å². The van der Waals surface area contributed by atoms with Gasteiger partial charge in [0.15, 0.2) is 0 Å². The fraction of sp³-hybridized carbons (Fsp3) is 0.500. The van der Waals surface area contributed by atoms with Crippen molar-refractivity contribution in [2.24, 2.45) is 0 Å². The van der Waals surface area contributed by atoms with Crippen molar-refractivity contribution in [1.82, 2.24) is 14.9 Å². The van der Waals surface area contributed by atoms with Crippen LogP contribution in [0.1, 0.15) is 55.0 Å². The minimum absolute atomic E-state index is 0.00894. The summed E-state index contributed by atoms with van der Waals surface area (Å²) in [7, 11) is 4.45. The molecule has 0 spiro atoms. The summed E-state index contributed by atoms with van der Waals surface area (Å²) in [6, 6.07) is 4.51. The number of methoxy groups -OCH3 is 2. The number of hydrogen-bond donors (Lipinski definition) is 1. The minimum atomic E-state index is -0.539. The van der Waals surface area contributed by atoms with E-state index in [0.717, 1.165) is 24.9 Å². The van der Waals surface area contributed by atoms with E-state index < -0.39 is 16.9 Å². The van der Waals surface area contributed by atoms with Gasteiger partial charge in [-0.05, 0) is 37.7 Å². The number of carbonyl (C=O) groups excluding carboxylic acids is 2. The molecule has 0 saturated carbocycles. The molecule has 2 aromatic rings. The molecule has 1 atom stereocenters. The van der Waals surface area contributed by atoms with E-state index in [1.54, 1.807) is 31.4 Å². The smallest absolute Gasteiger partial charge is 0.307 e. The van der Waals surface area contributed by atoms with Gasteiger partial charge in [-0.25, -0.2) is 9.97 Å². The van der Waals surface area contributed by atoms with E-state index in [1.165, 1.54) is 19.1 Å². The number of nitrogens with zero attached hydrogens (tertiary/aromatic N) is 4. The van der Waals surface area contributed by atoms with Crippen LogP contribution < -0.4 is 10.1 Å². The van der Waals surface area contributed by atoms with E-state index in [2.05, 4.69) is 15.3 Å². The first kappa shape index (κ1) is 25.9. The number of fused-ring (bicyclic) bond motifs is 1. The van der Waals surface area contributed by atoms with Crippen LogP contribution in [0.5, 0.6) is 5.88 Å². The second-order valence-electron chi connectivity index (χ2n) is 8.39. The molecule has 35 heavy (non-hydrogen) atoms. The average molecular weight is 486 g/mol. The predicted octanol–water partition coefficient (Wildman–Crippen LogP) is 3.23. The van der Waals surface area contributed by atoms with Gasteiger partial charge in [0.25, 0.3) is 5.69 Å². The molecule has 0 fully saturated rings. The standard InChI is InChI=1S/C24H31N5O6/c1-28(19(14-23(31)35-3)17-10-11-21(34-2)26-15-17)22(30)9-5-4-8-18-20(29(32)33)13-16-7-6-12-25-24(16)27-18/h10-11,13,15,19H,4-9,12,14H2,1-3H3,(H,25,27)/t19-/m0/s1. The SMILES string of the molecule is COC(=O)C[C@@H](c1ccc(OC)nc1)N(C)C(=O)CCCCc1nc2c(cc1[N+](=O)[O-])CCCN2. The summed E-state index contributed by atoms with van der Waals surface area (Å²) in [6.07, 6.45) is 4.98. The molecule has 1 aliphatic rings. The Bertz CT molecular complexity index is 1060. The zero-order valence-electron chi connectivity index (χ0n) is 20.3. The molecule has 0 bridgehead atoms. The van der Waals surface area contributed by atoms with Gasteiger partial charge in [0.1, 0.15) is 11.5 Å². The Balaban J connectivity index is 1.62. The van der Waals surface area contributed by atoms with Crippen molar-refractivity contribution < 1.29 is 24.0 Å². The Hall–Kier alpha value is -3.76. The van der Waals surface area contributed by atoms with Crippen LogP contribution in [0, 0.1) is 10.1 Å². The highest BCUT2D eigenvalue weighted by Crippen LogP contribution is 2.29. The van der Waals surface area contributed by atoms with E-state index >= 15 is 0 Å². The molecule has 1 N–H and O–H groups in total. The van der Waals surface area contributed by atoms with Crippen LogP contribution in [-0.4, -0.2) is 59.5 Å². The first-order valence-corrected chi connectivity index (χ1v) is 11.6. The highest BCUT2D eigenvalue weighted by molar-refractivity contribution is 5.78. The van der Waals surface area contributed by atoms with Crippen LogP contribution in [0.4, 0.5) is 11.5 Å². The summed E-state index contributed by atoms with van der Waals surface area (Å²) in [5.74, 6) is 0.556. The lowest BCUT2D eigenvalue weighted by Gasteiger charge is -2.28. The number of nitrogens with one attached hydrogen (secondary N) is 1. The van der Waals surface area contributed by atoms with E-state index in [0.29, 0.717) is 42.2 Å². The summed E-state index contributed by atoms with van der Waals surface area (Å²) < 4.78 is 9.89. The number of hydrogen-bond acceptors (Lipinski definition) is 9. The van der Waals surface area contributed by atoms with Crippen LogP contribution in [0.2, 0.25) is 0 Å². The molecule has 1 amide bonds. The van der Waals surface area contributed by atoms with E-state index in [4.69, 9.17) is 9.47 Å². The highest BCUT2D eigenvalue weighted by atomic mass is 16.6. The molecule has 3 rings (SSSR count). The molecule has 0 radical (unpaired) electrons. The van der Waals surface area contributed by atoms with Gasteiger partial charge < -0.3 is 19.7 Å². The Morgan fingerprint density at radius 3 is 2.74 bits per heavy atom. The second-order valence-corrected chi connectivity index (χ2v) is 8.39. The summed E-state index contributed by atoms with van der Waals surface area (Å²) >= 11 is 0. The summed E-state index contributed by atoms with van der Waals surface area (Å²) in [6.45, 7) is 0.800. The number of esters is 1. The van der Waals surface area contributed by atoms with Crippen molar-refractivity contribution in [3.05, 3.63) is 51.3 Å². The van der Waals surface area contributed by atoms with Gasteiger partial charge in [0, 0.05) is 43.9 Å². The molecule has 2 aromatic heterocycles. The molecule has 188 valence electrons. The molecule has 0 aliphatic carbocycles. The number of pyridine rings is 2. The van der Waals surface area contributed by atoms with Gasteiger partial charge in [-0.15, -0.1) is 0 Å². The number of nitro groups is 1. The number of unbranched alkanes of at least 4 members (excludes halogenated alkanes) is 1. The quantitative estimate of drug-likeness (QED) is 0.220. The number of aryl methyl sites for hydroxylation is 2. The summed E-state index contributed by atoms with van der Waals surface area (Å²) in [4.78, 5) is 46.2. The predicted molar refractivity (Wildman–Crippen MR) is 128 cm³/mol. The Labute approximate surface area is 204 Å². The molecular weight excluding hydrogens is 454 g/mol. The van der Waals surface area contributed by atoms with Gasteiger partial charge in [-0.3, -0.25) is 19.7 Å². The van der Waals surface area contributed by atoms with Crippen molar-refractivity contribution in [1.29, 1.82) is 0 Å². The fourth-order valence-electron chi connectivity index (χ4n) is 4.10. The topological polar surface area (TPSA) is 137 Å². The normalized spacial score (nSPS) is 13.2. The summed E-state index contributed by atoms with van der Waals surface area (Å²) in [5.41, 5.74) is 2.01. The molecule has 1 aliphatic heterocycles. The minimum Gasteiger partial charge on any atom is -0.481 e. The monoisotopic (exact) mass is 485 g/mol. The first-order valence-electron chi connectivity index (χ1n) is 11.6. The molecule has 0 saturated heterocycles. The zero-order chi connectivity index (χ0) is 25.4. The first-order chi connectivity index (χ1) is 16.8. The fourth-order valence-corrected chi connectivity index (χ4v) is 4.10. The highest BCUT2D eigenvalue weighted by Gasteiger charge is 2.26. The van der Waals surface area contributed by atoms with E-state index in [9.17, 15) is 19.7 Å². The van der Waals surface area contributed by atoms with Gasteiger partial charge in [0.2, 0.25) is 11.8 Å². The van der Waals surface area contributed by atoms with Crippen molar-refractivity contribution in [2.75, 3.05) is 33.1 Å². The maximum Gasteiger partial charge on any atom is 0.307 e. The van der Waals surface area contributed by atoms with Crippen LogP contribution in [0.15, 0.2) is 24.4 Å². The molecular formula is C24H31N5O6. The van der Waals surface area contributed by atoms with Crippen molar-refractivity contribution >= 4 is 23.4 Å². The maximum atomic E-state index is 12.9. The lowest BCUT2D eigenvalue weighted by atomic mass is 10.0. The Morgan fingerprint density at radius 1 is 1.29 bits per heavy atom. The lowest BCUT2D eigenvalue weighted by Crippen LogP contribution is -2.32. The third kappa shape index (κ3) is 6.65. The lowest BCUT2D eigenvalue weighted by molar-refractivity contribution is -0.386. The summed E-state index contributed by atoms with van der Waals surface area (Å²) in [5, 5.41) is 14.7. The zero-order valence-corrected chi connectivity index (χ0v) is 20.3. The average Bonchev–Trinajstić information content (AvgIpc) is 2.88. The van der Waals surface area contributed by atoms with Crippen LogP contribution in [-0.2, 0) is 27.2 Å². The number of ether oxygens (including phenoxy) is 2. The number of aromatic nitrogens is 2. The largest absolute Gasteiger partial charge is 0.481 e. The molecule has 11 nitrogen and oxygen atoms in total. The van der Waals surface area contributed by atoms with Crippen LogP contribution >= 0.6 is 0 Å². The molecule has 0 unspecified atom stereocenters. The maximum absolute atomic E-state index is 12.9. The Kier molecular flexibility index (Phi) is 8.93. The third-order valence-corrected chi connectivity index (χ3v) is 6.13. The number of amides is 1.